The number of urea groups is 1. The summed E-state index contributed by atoms with van der Waals surface area (Å²) in [4.78, 5) is 11.2. The molecule has 0 aromatic heterocycles. The zero-order chi connectivity index (χ0) is 13.4. The molecule has 1 atom stereocenters. The fraction of sp³-hybridized carbons (Fsp3) is 0.500. The van der Waals surface area contributed by atoms with Crippen LogP contribution in [-0.2, 0) is 0 Å². The average molecular weight is 250 g/mol. The number of carbonyl (C=O) groups is 1. The third kappa shape index (κ3) is 4.65. The Bertz CT molecular complexity index is 363. The topological polar surface area (TPSA) is 50.4 Å². The Morgan fingerprint density at radius 3 is 2.50 bits per heavy atom. The normalized spacial score (nSPS) is 11.7. The second-order valence-corrected chi connectivity index (χ2v) is 4.25. The molecule has 0 saturated carbocycles. The van der Waals surface area contributed by atoms with Gasteiger partial charge in [-0.3, -0.25) is 0 Å². The molecule has 1 rings (SSSR count). The Hall–Kier alpha value is -1.71. The van der Waals surface area contributed by atoms with Gasteiger partial charge in [0.1, 0.15) is 5.75 Å². The third-order valence-electron chi connectivity index (χ3n) is 2.89. The van der Waals surface area contributed by atoms with Crippen molar-refractivity contribution in [1.82, 2.24) is 10.6 Å². The molecule has 0 unspecified atom stereocenters. The summed E-state index contributed by atoms with van der Waals surface area (Å²) in [6.07, 6.45) is 0.920. The monoisotopic (exact) mass is 250 g/mol. The lowest BCUT2D eigenvalue weighted by atomic mass is 9.98. The van der Waals surface area contributed by atoms with E-state index in [0.717, 1.165) is 12.2 Å². The van der Waals surface area contributed by atoms with E-state index in [1.165, 1.54) is 5.56 Å². The summed E-state index contributed by atoms with van der Waals surface area (Å²) in [5.74, 6) is 1.28. The fourth-order valence-electron chi connectivity index (χ4n) is 1.72. The van der Waals surface area contributed by atoms with Crippen LogP contribution >= 0.6 is 0 Å². The Balaban J connectivity index is 2.35. The lowest BCUT2D eigenvalue weighted by Crippen LogP contribution is -2.36. The molecule has 0 fully saturated rings. The van der Waals surface area contributed by atoms with Gasteiger partial charge in [-0.15, -0.1) is 0 Å². The van der Waals surface area contributed by atoms with E-state index < -0.39 is 0 Å². The van der Waals surface area contributed by atoms with Crippen LogP contribution < -0.4 is 15.4 Å². The molecule has 0 bridgehead atoms. The molecule has 100 valence electrons. The van der Waals surface area contributed by atoms with Crippen LogP contribution in [0.25, 0.3) is 0 Å². The number of hydrogen-bond acceptors (Lipinski definition) is 2. The molecule has 18 heavy (non-hydrogen) atoms. The molecule has 4 nitrogen and oxygen atoms in total. The van der Waals surface area contributed by atoms with Gasteiger partial charge in [0.05, 0.1) is 7.11 Å². The van der Waals surface area contributed by atoms with Crippen molar-refractivity contribution in [3.8, 4) is 5.75 Å². The molecule has 0 radical (unpaired) electrons. The summed E-state index contributed by atoms with van der Waals surface area (Å²) >= 11 is 0. The van der Waals surface area contributed by atoms with Crippen LogP contribution in [0.2, 0.25) is 0 Å². The fourth-order valence-corrected chi connectivity index (χ4v) is 1.72. The maximum Gasteiger partial charge on any atom is 0.314 e. The van der Waals surface area contributed by atoms with Crippen LogP contribution in [-0.4, -0.2) is 26.2 Å². The van der Waals surface area contributed by atoms with E-state index in [2.05, 4.69) is 29.7 Å². The smallest absolute Gasteiger partial charge is 0.314 e. The van der Waals surface area contributed by atoms with Crippen LogP contribution in [0.3, 0.4) is 0 Å². The predicted molar refractivity (Wildman–Crippen MR) is 73.1 cm³/mol. The molecule has 1 aromatic rings. The number of benzene rings is 1. The van der Waals surface area contributed by atoms with Crippen molar-refractivity contribution in [3.63, 3.8) is 0 Å². The van der Waals surface area contributed by atoms with Crippen LogP contribution in [0.1, 0.15) is 31.7 Å². The predicted octanol–water partition coefficient (Wildman–Crippen LogP) is 2.51. The summed E-state index contributed by atoms with van der Waals surface area (Å²) in [5.41, 5.74) is 1.26. The number of carbonyl (C=O) groups excluding carboxylic acids is 1. The van der Waals surface area contributed by atoms with Crippen molar-refractivity contribution in [2.75, 3.05) is 20.2 Å². The maximum atomic E-state index is 11.2. The number of rotatable bonds is 6. The van der Waals surface area contributed by atoms with Gasteiger partial charge in [0.25, 0.3) is 0 Å². The molecule has 2 amide bonds. The summed E-state index contributed by atoms with van der Waals surface area (Å²) in [5, 5.41) is 5.54. The Labute approximate surface area is 109 Å². The van der Waals surface area contributed by atoms with Gasteiger partial charge in [-0.25, -0.2) is 4.79 Å². The lowest BCUT2D eigenvalue weighted by molar-refractivity contribution is 0.241. The van der Waals surface area contributed by atoms with Gasteiger partial charge >= 0.3 is 6.03 Å². The van der Waals surface area contributed by atoms with E-state index in [0.29, 0.717) is 19.0 Å². The molecule has 1 aromatic carbocycles. The first-order valence-electron chi connectivity index (χ1n) is 6.33. The highest BCUT2D eigenvalue weighted by atomic mass is 16.5. The van der Waals surface area contributed by atoms with E-state index in [1.54, 1.807) is 7.11 Å². The standard InChI is InChI=1S/C14H22N2O2/c1-4-15-14(17)16-10-9-11(2)12-5-7-13(18-3)8-6-12/h5-8,11H,4,9-10H2,1-3H3,(H2,15,16,17)/t11-/m0/s1. The molecule has 0 saturated heterocycles. The second kappa shape index (κ2) is 7.58. The zero-order valence-corrected chi connectivity index (χ0v) is 11.3. The minimum absolute atomic E-state index is 0.0977. The molecule has 0 heterocycles. The number of nitrogens with one attached hydrogen (secondary N) is 2. The zero-order valence-electron chi connectivity index (χ0n) is 11.3. The van der Waals surface area contributed by atoms with Gasteiger partial charge in [-0.05, 0) is 37.0 Å². The minimum Gasteiger partial charge on any atom is -0.497 e. The highest BCUT2D eigenvalue weighted by molar-refractivity contribution is 5.73. The van der Waals surface area contributed by atoms with Gasteiger partial charge in [-0.1, -0.05) is 19.1 Å². The average Bonchev–Trinajstić information content (AvgIpc) is 2.39. The van der Waals surface area contributed by atoms with Crippen molar-refractivity contribution >= 4 is 6.03 Å². The molecule has 0 aliphatic carbocycles. The third-order valence-corrected chi connectivity index (χ3v) is 2.89. The quantitative estimate of drug-likeness (QED) is 0.815. The summed E-state index contributed by atoms with van der Waals surface area (Å²) in [7, 11) is 1.66. The molecule has 0 spiro atoms. The summed E-state index contributed by atoms with van der Waals surface area (Å²) in [6.45, 7) is 5.39. The Morgan fingerprint density at radius 2 is 1.94 bits per heavy atom. The van der Waals surface area contributed by atoms with Crippen LogP contribution in [0.15, 0.2) is 24.3 Å². The number of methoxy groups -OCH3 is 1. The SMILES string of the molecule is CCNC(=O)NCC[C@H](C)c1ccc(OC)cc1. The van der Waals surface area contributed by atoms with E-state index in [-0.39, 0.29) is 6.03 Å². The van der Waals surface area contributed by atoms with Crippen molar-refractivity contribution in [3.05, 3.63) is 29.8 Å². The Morgan fingerprint density at radius 1 is 1.28 bits per heavy atom. The van der Waals surface area contributed by atoms with Gasteiger partial charge in [-0.2, -0.15) is 0 Å². The van der Waals surface area contributed by atoms with Crippen LogP contribution in [0.5, 0.6) is 5.75 Å². The van der Waals surface area contributed by atoms with E-state index in [4.69, 9.17) is 4.74 Å². The molecular weight excluding hydrogens is 228 g/mol. The van der Waals surface area contributed by atoms with E-state index in [9.17, 15) is 4.79 Å². The van der Waals surface area contributed by atoms with Gasteiger partial charge < -0.3 is 15.4 Å². The van der Waals surface area contributed by atoms with Crippen molar-refractivity contribution < 1.29 is 9.53 Å². The number of hydrogen-bond donors (Lipinski definition) is 2. The first-order chi connectivity index (χ1) is 8.67. The lowest BCUT2D eigenvalue weighted by Gasteiger charge is -2.13. The maximum absolute atomic E-state index is 11.2. The first-order valence-corrected chi connectivity index (χ1v) is 6.33. The highest BCUT2D eigenvalue weighted by Crippen LogP contribution is 2.21. The first kappa shape index (κ1) is 14.4. The van der Waals surface area contributed by atoms with Gasteiger partial charge in [0.2, 0.25) is 0 Å². The van der Waals surface area contributed by atoms with Gasteiger partial charge in [0, 0.05) is 13.1 Å². The van der Waals surface area contributed by atoms with Crippen molar-refractivity contribution in [2.45, 2.75) is 26.2 Å². The largest absolute Gasteiger partial charge is 0.497 e. The van der Waals surface area contributed by atoms with Crippen molar-refractivity contribution in [2.24, 2.45) is 0 Å². The minimum atomic E-state index is -0.0977. The van der Waals surface area contributed by atoms with Crippen LogP contribution in [0.4, 0.5) is 4.79 Å². The molecule has 0 aliphatic rings. The van der Waals surface area contributed by atoms with Crippen LogP contribution in [0, 0.1) is 0 Å². The summed E-state index contributed by atoms with van der Waals surface area (Å²) < 4.78 is 5.12. The Kier molecular flexibility index (Phi) is 6.05. The number of amides is 2. The summed E-state index contributed by atoms with van der Waals surface area (Å²) in [6, 6.07) is 7.96. The molecule has 2 N–H and O–H groups in total. The number of ether oxygens (including phenoxy) is 1. The second-order valence-electron chi connectivity index (χ2n) is 4.25. The molecule has 0 aliphatic heterocycles. The highest BCUT2D eigenvalue weighted by Gasteiger charge is 2.06. The van der Waals surface area contributed by atoms with E-state index in [1.807, 2.05) is 19.1 Å². The molecule has 4 heteroatoms. The van der Waals surface area contributed by atoms with Gasteiger partial charge in [0.15, 0.2) is 0 Å². The molecular formula is C14H22N2O2. The van der Waals surface area contributed by atoms with Crippen molar-refractivity contribution in [1.29, 1.82) is 0 Å². The van der Waals surface area contributed by atoms with E-state index >= 15 is 0 Å².